The van der Waals surface area contributed by atoms with Crippen molar-refractivity contribution in [3.8, 4) is 0 Å². The molecule has 6 bridgehead atoms. The van der Waals surface area contributed by atoms with Crippen molar-refractivity contribution in [1.29, 1.82) is 0 Å². The van der Waals surface area contributed by atoms with Crippen LogP contribution in [0.25, 0.3) is 0 Å². The van der Waals surface area contributed by atoms with E-state index >= 15 is 0 Å². The molecule has 10 atom stereocenters. The lowest BCUT2D eigenvalue weighted by molar-refractivity contribution is -0.253. The van der Waals surface area contributed by atoms with Gasteiger partial charge in [0.05, 0.1) is 0 Å². The maximum Gasteiger partial charge on any atom is 0.0360 e. The molecule has 0 radical (unpaired) electrons. The number of hydrogen-bond donors (Lipinski definition) is 0. The number of fused-ring (bicyclic) bond motifs is 1. The average molecular weight is 411 g/mol. The van der Waals surface area contributed by atoms with Crippen LogP contribution in [0.5, 0.6) is 0 Å². The third kappa shape index (κ3) is 1.10. The Morgan fingerprint density at radius 2 is 1.91 bits per heavy atom. The summed E-state index contributed by atoms with van der Waals surface area (Å²) in [6.45, 7) is 13.8. The van der Waals surface area contributed by atoms with Gasteiger partial charge < -0.3 is 0 Å². The van der Waals surface area contributed by atoms with Gasteiger partial charge in [0.2, 0.25) is 0 Å². The van der Waals surface area contributed by atoms with E-state index < -0.39 is 0 Å². The van der Waals surface area contributed by atoms with Gasteiger partial charge in [-0.05, 0) is 72.0 Å². The number of nitrogens with zero attached hydrogens (tertiary/aromatic N) is 1. The summed E-state index contributed by atoms with van der Waals surface area (Å²) in [7, 11) is 0. The minimum absolute atomic E-state index is 0.573. The Labute approximate surface area is 149 Å². The van der Waals surface area contributed by atoms with E-state index in [4.69, 9.17) is 4.99 Å². The topological polar surface area (TPSA) is 12.4 Å². The molecular weight excluding hydrogens is 381 g/mol. The average Bonchev–Trinajstić information content (AvgIpc) is 2.68. The molecule has 0 N–H and O–H groups in total. The van der Waals surface area contributed by atoms with Crippen LogP contribution in [0.2, 0.25) is 0 Å². The van der Waals surface area contributed by atoms with Gasteiger partial charge >= 0.3 is 0 Å². The second-order valence-corrected chi connectivity index (χ2v) is 11.6. The fourth-order valence-corrected chi connectivity index (χ4v) is 9.93. The van der Waals surface area contributed by atoms with Gasteiger partial charge in [-0.25, -0.2) is 0 Å². The van der Waals surface area contributed by atoms with E-state index in [-0.39, 0.29) is 0 Å². The standard InChI is InChI=1S/C20H30IN/c1-6-22-15-8-11-7-12(10(2)21)16-17-14-9-13(15)19(14,4)20(16,5)18(11,17)3/h10-14,16-17H,6-9H2,1-5H3/b22-15-/t10-,11?,12?,13?,14?,16?,17?,18?,19?,20?/m1/s1. The Kier molecular flexibility index (Phi) is 2.65. The number of halogens is 1. The lowest BCUT2D eigenvalue weighted by atomic mass is 9.31. The smallest absolute Gasteiger partial charge is 0.0360 e. The first-order chi connectivity index (χ1) is 10.3. The third-order valence-corrected chi connectivity index (χ3v) is 11.0. The summed E-state index contributed by atoms with van der Waals surface area (Å²) >= 11 is 2.73. The normalized spacial score (nSPS) is 66.7. The number of aliphatic imine (C=N–C) groups is 1. The van der Waals surface area contributed by atoms with Gasteiger partial charge in [0.1, 0.15) is 0 Å². The van der Waals surface area contributed by atoms with Gasteiger partial charge in [0.15, 0.2) is 0 Å². The van der Waals surface area contributed by atoms with E-state index in [1.54, 1.807) is 5.71 Å². The first-order valence-corrected chi connectivity index (χ1v) is 10.7. The van der Waals surface area contributed by atoms with Crippen molar-refractivity contribution in [1.82, 2.24) is 0 Å². The molecule has 22 heavy (non-hydrogen) atoms. The second-order valence-electron chi connectivity index (χ2n) is 9.66. The predicted molar refractivity (Wildman–Crippen MR) is 101 cm³/mol. The van der Waals surface area contributed by atoms with E-state index in [0.29, 0.717) is 16.2 Å². The van der Waals surface area contributed by atoms with Crippen molar-refractivity contribution in [3.63, 3.8) is 0 Å². The summed E-state index contributed by atoms with van der Waals surface area (Å²) in [4.78, 5) is 5.04. The summed E-state index contributed by atoms with van der Waals surface area (Å²) in [5.74, 6) is 5.77. The van der Waals surface area contributed by atoms with Crippen LogP contribution >= 0.6 is 22.6 Å². The maximum atomic E-state index is 5.04. The Morgan fingerprint density at radius 3 is 2.55 bits per heavy atom. The largest absolute Gasteiger partial charge is 0.294 e. The van der Waals surface area contributed by atoms with E-state index in [1.165, 1.54) is 19.3 Å². The molecule has 0 heterocycles. The van der Waals surface area contributed by atoms with Gasteiger partial charge in [-0.1, -0.05) is 50.3 Å². The molecule has 2 heteroatoms. The van der Waals surface area contributed by atoms with E-state index in [1.807, 2.05) is 0 Å². The monoisotopic (exact) mass is 411 g/mol. The molecule has 9 unspecified atom stereocenters. The summed E-state index contributed by atoms with van der Waals surface area (Å²) in [6, 6.07) is 0. The Hall–Kier alpha value is 0.400. The number of rotatable bonds is 2. The first-order valence-electron chi connectivity index (χ1n) is 9.50. The molecule has 1 nitrogen and oxygen atoms in total. The zero-order chi connectivity index (χ0) is 15.7. The molecule has 7 aliphatic rings. The number of hydrogen-bond acceptors (Lipinski definition) is 1. The van der Waals surface area contributed by atoms with Crippen LogP contribution in [0, 0.1) is 51.8 Å². The highest BCUT2D eigenvalue weighted by Gasteiger charge is 2.91. The Bertz CT molecular complexity index is 582. The zero-order valence-electron chi connectivity index (χ0n) is 14.7. The van der Waals surface area contributed by atoms with Crippen LogP contribution in [0.4, 0.5) is 0 Å². The summed E-state index contributed by atoms with van der Waals surface area (Å²) < 4.78 is 0.834. The van der Waals surface area contributed by atoms with Gasteiger partial charge in [0.25, 0.3) is 0 Å². The minimum atomic E-state index is 0.573. The van der Waals surface area contributed by atoms with Crippen LogP contribution < -0.4 is 0 Å². The van der Waals surface area contributed by atoms with Crippen molar-refractivity contribution < 1.29 is 0 Å². The minimum Gasteiger partial charge on any atom is -0.294 e. The molecule has 7 saturated carbocycles. The zero-order valence-corrected chi connectivity index (χ0v) is 16.9. The van der Waals surface area contributed by atoms with Gasteiger partial charge in [-0.15, -0.1) is 0 Å². The molecule has 0 aromatic heterocycles. The fraction of sp³-hybridized carbons (Fsp3) is 0.950. The van der Waals surface area contributed by atoms with E-state index in [2.05, 4.69) is 57.2 Å². The molecule has 7 aliphatic carbocycles. The molecule has 7 fully saturated rings. The van der Waals surface area contributed by atoms with Gasteiger partial charge in [-0.3, -0.25) is 4.99 Å². The highest BCUT2D eigenvalue weighted by molar-refractivity contribution is 14.1. The highest BCUT2D eigenvalue weighted by atomic mass is 127. The maximum absolute atomic E-state index is 5.04. The van der Waals surface area contributed by atoms with Crippen LogP contribution in [0.15, 0.2) is 4.99 Å². The first kappa shape index (κ1) is 14.7. The molecule has 0 aliphatic heterocycles. The lowest BCUT2D eigenvalue weighted by Crippen LogP contribution is -2.69. The Morgan fingerprint density at radius 1 is 1.18 bits per heavy atom. The molecule has 0 spiro atoms. The fourth-order valence-electron chi connectivity index (χ4n) is 9.19. The van der Waals surface area contributed by atoms with Crippen molar-refractivity contribution in [2.24, 2.45) is 56.7 Å². The molecule has 7 rings (SSSR count). The molecule has 122 valence electrons. The van der Waals surface area contributed by atoms with Crippen molar-refractivity contribution >= 4 is 28.3 Å². The molecule has 0 saturated heterocycles. The van der Waals surface area contributed by atoms with E-state index in [0.717, 1.165) is 46.0 Å². The molecule has 0 aromatic carbocycles. The van der Waals surface area contributed by atoms with Crippen molar-refractivity contribution in [2.45, 2.75) is 57.8 Å². The summed E-state index contributed by atoms with van der Waals surface area (Å²) in [5.41, 5.74) is 3.42. The van der Waals surface area contributed by atoms with E-state index in [9.17, 15) is 0 Å². The van der Waals surface area contributed by atoms with Crippen molar-refractivity contribution in [3.05, 3.63) is 0 Å². The molecule has 0 aromatic rings. The van der Waals surface area contributed by atoms with Crippen LogP contribution in [0.3, 0.4) is 0 Å². The van der Waals surface area contributed by atoms with Gasteiger partial charge in [0, 0.05) is 22.1 Å². The predicted octanol–water partition coefficient (Wildman–Crippen LogP) is 5.23. The summed E-state index contributed by atoms with van der Waals surface area (Å²) in [6.07, 6.45) is 4.28. The SMILES string of the molecule is CC/N=C1/CC2CC([C@@H](C)I)C3C4C5CC1C5(C)C3(C)C24C. The number of alkyl halides is 1. The van der Waals surface area contributed by atoms with Gasteiger partial charge in [-0.2, -0.15) is 0 Å². The lowest BCUT2D eigenvalue weighted by Gasteiger charge is -2.73. The van der Waals surface area contributed by atoms with Crippen LogP contribution in [-0.4, -0.2) is 16.2 Å². The molecular formula is C20H30IN. The van der Waals surface area contributed by atoms with Crippen LogP contribution in [-0.2, 0) is 0 Å². The third-order valence-electron chi connectivity index (χ3n) is 10.1. The summed E-state index contributed by atoms with van der Waals surface area (Å²) in [5, 5.41) is 0. The highest BCUT2D eigenvalue weighted by Crippen LogP contribution is 2.95. The van der Waals surface area contributed by atoms with Crippen LogP contribution in [0.1, 0.15) is 53.9 Å². The Balaban J connectivity index is 1.72. The molecule has 0 amide bonds. The van der Waals surface area contributed by atoms with Crippen molar-refractivity contribution in [2.75, 3.05) is 6.54 Å². The quantitative estimate of drug-likeness (QED) is 0.436. The second kappa shape index (κ2) is 3.96.